The molecule has 1 aliphatic heterocycles. The Labute approximate surface area is 117 Å². The zero-order valence-corrected chi connectivity index (χ0v) is 11.1. The van der Waals surface area contributed by atoms with E-state index in [2.05, 4.69) is 15.6 Å². The fraction of sp³-hybridized carbons (Fsp3) is 0.308. The van der Waals surface area contributed by atoms with E-state index < -0.39 is 6.10 Å². The van der Waals surface area contributed by atoms with Gasteiger partial charge in [0.25, 0.3) is 5.91 Å². The summed E-state index contributed by atoms with van der Waals surface area (Å²) in [5, 5.41) is 7.09. The number of hydrogen-bond donors (Lipinski definition) is 3. The highest BCUT2D eigenvalue weighted by molar-refractivity contribution is 5.96. The second-order valence-electron chi connectivity index (χ2n) is 4.33. The molecular weight excluding hydrogens is 266 g/mol. The van der Waals surface area contributed by atoms with Crippen LogP contribution in [0.25, 0.3) is 10.9 Å². The van der Waals surface area contributed by atoms with Gasteiger partial charge < -0.3 is 20.4 Å². The van der Waals surface area contributed by atoms with Crippen molar-refractivity contribution >= 4 is 34.9 Å². The molecule has 1 saturated heterocycles. The van der Waals surface area contributed by atoms with Gasteiger partial charge in [-0.15, -0.1) is 12.4 Å². The Morgan fingerprint density at radius 3 is 3.05 bits per heavy atom. The molecule has 19 heavy (non-hydrogen) atoms. The summed E-state index contributed by atoms with van der Waals surface area (Å²) in [6, 6.07) is 7.75. The van der Waals surface area contributed by atoms with Crippen molar-refractivity contribution in [3.63, 3.8) is 0 Å². The number of nitrogens with one attached hydrogen (secondary N) is 3. The van der Waals surface area contributed by atoms with Gasteiger partial charge >= 0.3 is 0 Å². The van der Waals surface area contributed by atoms with Crippen LogP contribution in [0.4, 0.5) is 5.69 Å². The van der Waals surface area contributed by atoms with Crippen molar-refractivity contribution in [2.24, 2.45) is 0 Å². The monoisotopic (exact) mass is 281 g/mol. The number of aromatic amines is 1. The molecule has 1 unspecified atom stereocenters. The standard InChI is InChI=1S/C13H15N3O2.ClH/c17-13(12-8-14-5-6-18-12)16-10-1-2-11-9(7-10)3-4-15-11;/h1-4,7,12,14-15H,5-6,8H2,(H,16,17);1H. The summed E-state index contributed by atoms with van der Waals surface area (Å²) in [4.78, 5) is 15.1. The molecule has 0 bridgehead atoms. The largest absolute Gasteiger partial charge is 0.366 e. The van der Waals surface area contributed by atoms with Crippen molar-refractivity contribution < 1.29 is 9.53 Å². The highest BCUT2D eigenvalue weighted by Crippen LogP contribution is 2.18. The highest BCUT2D eigenvalue weighted by atomic mass is 35.5. The van der Waals surface area contributed by atoms with Gasteiger partial charge in [0.2, 0.25) is 0 Å². The molecule has 1 amide bonds. The number of carbonyl (C=O) groups is 1. The lowest BCUT2D eigenvalue weighted by Crippen LogP contribution is -2.45. The Morgan fingerprint density at radius 1 is 1.37 bits per heavy atom. The first-order valence-corrected chi connectivity index (χ1v) is 6.03. The molecule has 3 N–H and O–H groups in total. The quantitative estimate of drug-likeness (QED) is 0.782. The van der Waals surface area contributed by atoms with Crippen LogP contribution in [-0.2, 0) is 9.53 Å². The fourth-order valence-corrected chi connectivity index (χ4v) is 2.09. The molecule has 1 aromatic carbocycles. The lowest BCUT2D eigenvalue weighted by molar-refractivity contribution is -0.128. The number of rotatable bonds is 2. The van der Waals surface area contributed by atoms with Crippen molar-refractivity contribution in [1.29, 1.82) is 0 Å². The summed E-state index contributed by atoms with van der Waals surface area (Å²) in [5.74, 6) is -0.0999. The number of ether oxygens (including phenoxy) is 1. The summed E-state index contributed by atoms with van der Waals surface area (Å²) in [5.41, 5.74) is 1.85. The van der Waals surface area contributed by atoms with Gasteiger partial charge in [-0.25, -0.2) is 0 Å². The van der Waals surface area contributed by atoms with Crippen LogP contribution in [-0.4, -0.2) is 36.7 Å². The van der Waals surface area contributed by atoms with Crippen molar-refractivity contribution in [3.05, 3.63) is 30.5 Å². The maximum absolute atomic E-state index is 12.0. The van der Waals surface area contributed by atoms with Gasteiger partial charge in [-0.1, -0.05) is 0 Å². The Balaban J connectivity index is 0.00000133. The van der Waals surface area contributed by atoms with E-state index in [4.69, 9.17) is 4.74 Å². The topological polar surface area (TPSA) is 66.2 Å². The molecule has 0 aliphatic carbocycles. The maximum atomic E-state index is 12.0. The second kappa shape index (κ2) is 6.06. The highest BCUT2D eigenvalue weighted by Gasteiger charge is 2.21. The van der Waals surface area contributed by atoms with Crippen LogP contribution >= 0.6 is 12.4 Å². The third-order valence-electron chi connectivity index (χ3n) is 3.04. The molecule has 1 fully saturated rings. The maximum Gasteiger partial charge on any atom is 0.254 e. The Kier molecular flexibility index (Phi) is 4.42. The van der Waals surface area contributed by atoms with Crippen LogP contribution in [0.1, 0.15) is 0 Å². The van der Waals surface area contributed by atoms with Gasteiger partial charge in [-0.3, -0.25) is 4.79 Å². The molecule has 1 atom stereocenters. The third-order valence-corrected chi connectivity index (χ3v) is 3.04. The molecule has 2 aromatic rings. The molecule has 0 saturated carbocycles. The molecule has 1 aliphatic rings. The number of morpholine rings is 1. The lowest BCUT2D eigenvalue weighted by atomic mass is 10.2. The van der Waals surface area contributed by atoms with Crippen molar-refractivity contribution in [2.45, 2.75) is 6.10 Å². The van der Waals surface area contributed by atoms with E-state index in [9.17, 15) is 4.79 Å². The number of H-pyrrole nitrogens is 1. The summed E-state index contributed by atoms with van der Waals surface area (Å²) in [6.07, 6.45) is 1.48. The number of halogens is 1. The molecule has 0 radical (unpaired) electrons. The summed E-state index contributed by atoms with van der Waals surface area (Å²) in [7, 11) is 0. The molecular formula is C13H16ClN3O2. The van der Waals surface area contributed by atoms with Crippen LogP contribution in [0.2, 0.25) is 0 Å². The van der Waals surface area contributed by atoms with Crippen molar-refractivity contribution in [1.82, 2.24) is 10.3 Å². The molecule has 5 nitrogen and oxygen atoms in total. The van der Waals surface area contributed by atoms with Gasteiger partial charge in [-0.2, -0.15) is 0 Å². The second-order valence-corrected chi connectivity index (χ2v) is 4.33. The zero-order valence-electron chi connectivity index (χ0n) is 10.3. The van der Waals surface area contributed by atoms with E-state index in [0.717, 1.165) is 23.1 Å². The number of fused-ring (bicyclic) bond motifs is 1. The summed E-state index contributed by atoms with van der Waals surface area (Å²) in [6.45, 7) is 1.95. The van der Waals surface area contributed by atoms with E-state index in [-0.39, 0.29) is 18.3 Å². The average molecular weight is 282 g/mol. The zero-order chi connectivity index (χ0) is 12.4. The first-order valence-electron chi connectivity index (χ1n) is 6.03. The van der Waals surface area contributed by atoms with Crippen molar-refractivity contribution in [3.8, 4) is 0 Å². The first-order chi connectivity index (χ1) is 8.83. The smallest absolute Gasteiger partial charge is 0.254 e. The van der Waals surface area contributed by atoms with Crippen LogP contribution in [0.15, 0.2) is 30.5 Å². The summed E-state index contributed by atoms with van der Waals surface area (Å²) >= 11 is 0. The van der Waals surface area contributed by atoms with Crippen LogP contribution in [0, 0.1) is 0 Å². The number of benzene rings is 1. The van der Waals surface area contributed by atoms with E-state index in [1.54, 1.807) is 0 Å². The Morgan fingerprint density at radius 2 is 2.26 bits per heavy atom. The van der Waals surface area contributed by atoms with Crippen LogP contribution in [0.5, 0.6) is 0 Å². The minimum Gasteiger partial charge on any atom is -0.366 e. The Bertz CT molecular complexity index is 564. The van der Waals surface area contributed by atoms with E-state index in [1.165, 1.54) is 0 Å². The van der Waals surface area contributed by atoms with Gasteiger partial charge in [0, 0.05) is 35.9 Å². The van der Waals surface area contributed by atoms with Crippen LogP contribution in [0.3, 0.4) is 0 Å². The molecule has 102 valence electrons. The van der Waals surface area contributed by atoms with Crippen molar-refractivity contribution in [2.75, 3.05) is 25.0 Å². The predicted molar refractivity (Wildman–Crippen MR) is 76.8 cm³/mol. The van der Waals surface area contributed by atoms with Gasteiger partial charge in [0.05, 0.1) is 6.61 Å². The van der Waals surface area contributed by atoms with Gasteiger partial charge in [0.1, 0.15) is 6.10 Å². The van der Waals surface area contributed by atoms with Gasteiger partial charge in [-0.05, 0) is 24.3 Å². The minimum atomic E-state index is -0.402. The average Bonchev–Trinajstić information content (AvgIpc) is 2.87. The first kappa shape index (κ1) is 13.9. The molecule has 0 spiro atoms. The number of carbonyl (C=O) groups excluding carboxylic acids is 1. The SMILES string of the molecule is Cl.O=C(Nc1ccc2[nH]ccc2c1)C1CNCCO1. The third kappa shape index (κ3) is 3.07. The van der Waals surface area contributed by atoms with E-state index in [1.807, 2.05) is 30.5 Å². The number of anilines is 1. The minimum absolute atomic E-state index is 0. The Hall–Kier alpha value is -1.56. The molecule has 2 heterocycles. The molecule has 6 heteroatoms. The fourth-order valence-electron chi connectivity index (χ4n) is 2.09. The number of aromatic nitrogens is 1. The van der Waals surface area contributed by atoms with Gasteiger partial charge in [0.15, 0.2) is 0 Å². The van der Waals surface area contributed by atoms with E-state index >= 15 is 0 Å². The normalized spacial score (nSPS) is 18.8. The van der Waals surface area contributed by atoms with E-state index in [0.29, 0.717) is 13.2 Å². The summed E-state index contributed by atoms with van der Waals surface area (Å²) < 4.78 is 5.40. The molecule has 1 aromatic heterocycles. The number of amides is 1. The van der Waals surface area contributed by atoms with Crippen LogP contribution < -0.4 is 10.6 Å². The predicted octanol–water partition coefficient (Wildman–Crippen LogP) is 1.52. The molecule has 3 rings (SSSR count). The number of hydrogen-bond acceptors (Lipinski definition) is 3. The lowest BCUT2D eigenvalue weighted by Gasteiger charge is -2.22.